The third kappa shape index (κ3) is 5.75. The van der Waals surface area contributed by atoms with Crippen molar-refractivity contribution in [1.29, 1.82) is 0 Å². The first kappa shape index (κ1) is 26.2. The van der Waals surface area contributed by atoms with Gasteiger partial charge in [-0.3, -0.25) is 10.1 Å². The lowest BCUT2D eigenvalue weighted by atomic mass is 9.79. The summed E-state index contributed by atoms with van der Waals surface area (Å²) in [5, 5.41) is 19.1. The van der Waals surface area contributed by atoms with Crippen LogP contribution >= 0.6 is 11.8 Å². The van der Waals surface area contributed by atoms with Crippen molar-refractivity contribution in [3.63, 3.8) is 0 Å². The molecule has 0 saturated heterocycles. The molecule has 2 aromatic carbocycles. The molecule has 2 heterocycles. The molecule has 0 aliphatic carbocycles. The van der Waals surface area contributed by atoms with Crippen LogP contribution in [0.25, 0.3) is 5.57 Å². The zero-order valence-corrected chi connectivity index (χ0v) is 21.7. The van der Waals surface area contributed by atoms with Gasteiger partial charge in [-0.05, 0) is 24.0 Å². The zero-order chi connectivity index (χ0) is 26.4. The lowest BCUT2D eigenvalue weighted by molar-refractivity contribution is -0.384. The van der Waals surface area contributed by atoms with Crippen molar-refractivity contribution in [3.05, 3.63) is 105 Å². The maximum absolute atomic E-state index is 13.0. The minimum Gasteiger partial charge on any atom is -0.466 e. The van der Waals surface area contributed by atoms with Gasteiger partial charge in [-0.25, -0.2) is 4.79 Å². The number of benzene rings is 2. The van der Waals surface area contributed by atoms with E-state index in [0.717, 1.165) is 11.4 Å². The van der Waals surface area contributed by atoms with Crippen LogP contribution < -0.4 is 5.32 Å². The fraction of sp³-hybridized carbons (Fsp3) is 0.296. The van der Waals surface area contributed by atoms with Crippen LogP contribution in [0.1, 0.15) is 55.4 Å². The van der Waals surface area contributed by atoms with E-state index >= 15 is 0 Å². The number of thioether (sulfide) groups is 1. The molecule has 0 bridgehead atoms. The van der Waals surface area contributed by atoms with E-state index in [-0.39, 0.29) is 11.6 Å². The van der Waals surface area contributed by atoms with E-state index in [4.69, 9.17) is 9.26 Å². The van der Waals surface area contributed by atoms with E-state index < -0.39 is 16.8 Å². The Morgan fingerprint density at radius 1 is 1.11 bits per heavy atom. The number of methoxy groups -OCH3 is 1. The number of rotatable bonds is 10. The van der Waals surface area contributed by atoms with Crippen LogP contribution in [0, 0.1) is 10.1 Å². The third-order valence-electron chi connectivity index (χ3n) is 6.10. The number of nitro benzene ring substituents is 1. The zero-order valence-electron chi connectivity index (χ0n) is 20.9. The van der Waals surface area contributed by atoms with E-state index in [1.807, 2.05) is 32.0 Å². The van der Waals surface area contributed by atoms with E-state index in [9.17, 15) is 14.9 Å². The Hall–Kier alpha value is -3.92. The van der Waals surface area contributed by atoms with Gasteiger partial charge in [0.25, 0.3) is 11.6 Å². The number of aromatic nitrogens is 2. The lowest BCUT2D eigenvalue weighted by Gasteiger charge is -2.31. The molecule has 10 heteroatoms. The van der Waals surface area contributed by atoms with Gasteiger partial charge in [-0.2, -0.15) is 4.98 Å². The summed E-state index contributed by atoms with van der Waals surface area (Å²) >= 11 is 1.67. The number of nitrogens with one attached hydrogen (secondary N) is 1. The number of non-ortho nitro benzene ring substituents is 1. The minimum absolute atomic E-state index is 0.0702. The van der Waals surface area contributed by atoms with Crippen LogP contribution in [-0.4, -0.2) is 28.1 Å². The van der Waals surface area contributed by atoms with Crippen molar-refractivity contribution in [2.75, 3.05) is 7.11 Å². The topological polar surface area (TPSA) is 120 Å². The molecule has 1 N–H and O–H groups in total. The van der Waals surface area contributed by atoms with Gasteiger partial charge in [-0.1, -0.05) is 61.5 Å². The predicted molar refractivity (Wildman–Crippen MR) is 141 cm³/mol. The van der Waals surface area contributed by atoms with Gasteiger partial charge in [-0.15, -0.1) is 11.8 Å². The second-order valence-electron chi connectivity index (χ2n) is 8.39. The summed E-state index contributed by atoms with van der Waals surface area (Å²) in [6.45, 7) is 3.92. The molecule has 0 saturated carbocycles. The molecule has 4 rings (SSSR count). The van der Waals surface area contributed by atoms with Gasteiger partial charge >= 0.3 is 5.97 Å². The maximum Gasteiger partial charge on any atom is 0.336 e. The number of dihydropyridines is 1. The molecule has 9 nitrogen and oxygen atoms in total. The average molecular weight is 521 g/mol. The highest BCUT2D eigenvalue weighted by molar-refractivity contribution is 7.97. The highest BCUT2D eigenvalue weighted by atomic mass is 32.2. The first-order valence-electron chi connectivity index (χ1n) is 12.0. The van der Waals surface area contributed by atoms with Crippen molar-refractivity contribution in [2.45, 2.75) is 44.1 Å². The molecule has 0 amide bonds. The molecule has 1 aliphatic heterocycles. The molecule has 1 aliphatic rings. The number of ether oxygens (including phenoxy) is 1. The summed E-state index contributed by atoms with van der Waals surface area (Å²) in [6, 6.07) is 16.4. The van der Waals surface area contributed by atoms with Crippen molar-refractivity contribution in [1.82, 2.24) is 15.5 Å². The Bertz CT molecular complexity index is 1350. The average Bonchev–Trinajstić information content (AvgIpc) is 3.40. The molecule has 3 aromatic rings. The summed E-state index contributed by atoms with van der Waals surface area (Å²) < 4.78 is 10.9. The molecular formula is C27H28N4O5S. The van der Waals surface area contributed by atoms with Crippen LogP contribution in [0.3, 0.4) is 0 Å². The van der Waals surface area contributed by atoms with Gasteiger partial charge in [0.15, 0.2) is 5.82 Å². The van der Waals surface area contributed by atoms with Crippen LogP contribution in [0.15, 0.2) is 76.1 Å². The smallest absolute Gasteiger partial charge is 0.336 e. The highest BCUT2D eigenvalue weighted by Gasteiger charge is 2.38. The summed E-state index contributed by atoms with van der Waals surface area (Å²) in [5.74, 6) is 0.951. The van der Waals surface area contributed by atoms with Crippen molar-refractivity contribution in [3.8, 4) is 0 Å². The maximum atomic E-state index is 13.0. The Kier molecular flexibility index (Phi) is 8.39. The molecule has 37 heavy (non-hydrogen) atoms. The SMILES string of the molecule is CCC1=C(C(=O)OC)C(c2cccc([N+](=O)[O-])c2)C(c2nc(CSCc3ccccc3)no2)=C(CC)N1. The number of nitro groups is 1. The van der Waals surface area contributed by atoms with Crippen LogP contribution in [0.4, 0.5) is 5.69 Å². The van der Waals surface area contributed by atoms with Crippen molar-refractivity contribution < 1.29 is 19.0 Å². The monoisotopic (exact) mass is 520 g/mol. The Balaban J connectivity index is 1.74. The number of hydrogen-bond acceptors (Lipinski definition) is 9. The molecule has 0 fully saturated rings. The van der Waals surface area contributed by atoms with Crippen LogP contribution in [0.5, 0.6) is 0 Å². The molecule has 1 unspecified atom stereocenters. The van der Waals surface area contributed by atoms with Gasteiger partial charge in [0, 0.05) is 34.9 Å². The minimum atomic E-state index is -0.677. The molecule has 1 atom stereocenters. The number of carbonyl (C=O) groups is 1. The third-order valence-corrected chi connectivity index (χ3v) is 7.10. The van der Waals surface area contributed by atoms with E-state index in [1.54, 1.807) is 23.9 Å². The van der Waals surface area contributed by atoms with Crippen molar-refractivity contribution in [2.24, 2.45) is 0 Å². The number of esters is 1. The van der Waals surface area contributed by atoms with Gasteiger partial charge < -0.3 is 14.6 Å². The quantitative estimate of drug-likeness (QED) is 0.202. The highest BCUT2D eigenvalue weighted by Crippen LogP contribution is 2.45. The summed E-state index contributed by atoms with van der Waals surface area (Å²) in [7, 11) is 1.32. The Morgan fingerprint density at radius 3 is 2.54 bits per heavy atom. The summed E-state index contributed by atoms with van der Waals surface area (Å²) in [5.41, 5.74) is 4.20. The number of nitrogens with zero attached hydrogens (tertiary/aromatic N) is 3. The lowest BCUT2D eigenvalue weighted by Crippen LogP contribution is -2.30. The van der Waals surface area contributed by atoms with Crippen molar-refractivity contribution >= 4 is 29.0 Å². The molecule has 1 aromatic heterocycles. The second kappa shape index (κ2) is 11.9. The second-order valence-corrected chi connectivity index (χ2v) is 9.37. The van der Waals surface area contributed by atoms with Gasteiger partial charge in [0.2, 0.25) is 0 Å². The molecule has 0 spiro atoms. The number of carbonyl (C=O) groups excluding carboxylic acids is 1. The normalized spacial score (nSPS) is 15.5. The summed E-state index contributed by atoms with van der Waals surface area (Å²) in [6.07, 6.45) is 1.14. The number of hydrogen-bond donors (Lipinski definition) is 1. The summed E-state index contributed by atoms with van der Waals surface area (Å²) in [4.78, 5) is 28.8. The largest absolute Gasteiger partial charge is 0.466 e. The van der Waals surface area contributed by atoms with E-state index in [2.05, 4.69) is 27.6 Å². The first-order valence-corrected chi connectivity index (χ1v) is 13.1. The van der Waals surface area contributed by atoms with Gasteiger partial charge in [0.05, 0.1) is 29.3 Å². The van der Waals surface area contributed by atoms with E-state index in [0.29, 0.717) is 46.8 Å². The fourth-order valence-corrected chi connectivity index (χ4v) is 5.21. The fourth-order valence-electron chi connectivity index (χ4n) is 4.38. The van der Waals surface area contributed by atoms with Crippen LogP contribution in [0.2, 0.25) is 0 Å². The first-order chi connectivity index (χ1) is 18.0. The van der Waals surface area contributed by atoms with Gasteiger partial charge in [0.1, 0.15) is 0 Å². The van der Waals surface area contributed by atoms with E-state index in [1.165, 1.54) is 24.8 Å². The predicted octanol–water partition coefficient (Wildman–Crippen LogP) is 5.76. The Morgan fingerprint density at radius 2 is 1.86 bits per heavy atom. The van der Waals surface area contributed by atoms with Crippen LogP contribution in [-0.2, 0) is 21.0 Å². The molecule has 0 radical (unpaired) electrons. The Labute approximate surface area is 219 Å². The standard InChI is InChI=1S/C27H28N4O5S/c1-4-20-24(26-29-22(30-36-26)16-37-15-17-10-7-6-8-11-17)23(18-12-9-13-19(14-18)31(33)34)25(27(32)35-3)21(5-2)28-20/h6-14,23,28H,4-5,15-16H2,1-3H3. The molecule has 192 valence electrons. The molecular weight excluding hydrogens is 492 g/mol. The number of allylic oxidation sites excluding steroid dienone is 3.